The Labute approximate surface area is 212 Å². The van der Waals surface area contributed by atoms with Crippen molar-refractivity contribution in [2.75, 3.05) is 0 Å². The minimum Gasteiger partial charge on any atom is -0.465 e. The molecule has 4 heterocycles. The average molecular weight is 503 g/mol. The van der Waals surface area contributed by atoms with Crippen molar-refractivity contribution in [2.24, 2.45) is 10.8 Å². The molecule has 0 aliphatic carbocycles. The molecule has 0 unspecified atom stereocenters. The Morgan fingerprint density at radius 2 is 1.32 bits per heavy atom. The summed E-state index contributed by atoms with van der Waals surface area (Å²) in [6.07, 6.45) is 8.67. The van der Waals surface area contributed by atoms with E-state index in [0.29, 0.717) is 4.53 Å². The van der Waals surface area contributed by atoms with Gasteiger partial charge in [-0.15, -0.1) is 34.0 Å². The molecule has 34 heavy (non-hydrogen) atoms. The number of rotatable bonds is 2. The quantitative estimate of drug-likeness (QED) is 0.369. The molecule has 0 saturated heterocycles. The van der Waals surface area contributed by atoms with Gasteiger partial charge in [-0.05, 0) is 54.1 Å². The number of allylic oxidation sites excluding steroid dienone is 5. The lowest BCUT2D eigenvalue weighted by atomic mass is 9.87. The summed E-state index contributed by atoms with van der Waals surface area (Å²) in [4.78, 5) is 2.39. The molecule has 0 fully saturated rings. The lowest BCUT2D eigenvalue weighted by Crippen LogP contribution is -2.21. The summed E-state index contributed by atoms with van der Waals surface area (Å²) in [5, 5.41) is 18.1. The fourth-order valence-electron chi connectivity index (χ4n) is 3.36. The van der Waals surface area contributed by atoms with Gasteiger partial charge in [0.15, 0.2) is 0 Å². The van der Waals surface area contributed by atoms with Crippen molar-refractivity contribution in [3.8, 4) is 12.1 Å². The van der Waals surface area contributed by atoms with E-state index in [9.17, 15) is 0 Å². The third-order valence-corrected chi connectivity index (χ3v) is 8.47. The Kier molecular flexibility index (Phi) is 6.44. The molecule has 172 valence electrons. The Hall–Kier alpha value is -2.90. The van der Waals surface area contributed by atoms with Gasteiger partial charge in [0, 0.05) is 34.5 Å². The van der Waals surface area contributed by atoms with E-state index in [2.05, 4.69) is 78.0 Å². The summed E-state index contributed by atoms with van der Waals surface area (Å²) >= 11 is 5.00. The van der Waals surface area contributed by atoms with E-state index in [1.807, 2.05) is 24.3 Å². The fraction of sp³-hybridized carbons (Fsp3) is 0.286. The highest BCUT2D eigenvalue weighted by molar-refractivity contribution is 7.28. The molecule has 0 amide bonds. The van der Waals surface area contributed by atoms with E-state index in [1.54, 1.807) is 22.7 Å². The standard InChI is InChI=1S/C28H26N2OS3/c1-27(2,3)25-10-17(11-26(31-25)28(4,5)6)9-20-13-23-24(33-20)14-21(34-23)12-19-7-8-22(32-19)18(15-29)16-30/h7-14H,1-6H3/b19-12-. The minimum absolute atomic E-state index is 0.0644. The van der Waals surface area contributed by atoms with Gasteiger partial charge in [-0.3, -0.25) is 0 Å². The van der Waals surface area contributed by atoms with Gasteiger partial charge in [0.2, 0.25) is 0 Å². The third-order valence-electron chi connectivity index (χ3n) is 5.23. The molecule has 0 N–H and O–H groups in total. The van der Waals surface area contributed by atoms with Crippen molar-refractivity contribution in [2.45, 2.75) is 41.5 Å². The Balaban J connectivity index is 1.68. The zero-order valence-corrected chi connectivity index (χ0v) is 22.6. The third kappa shape index (κ3) is 5.26. The van der Waals surface area contributed by atoms with Gasteiger partial charge >= 0.3 is 0 Å². The summed E-state index contributed by atoms with van der Waals surface area (Å²) in [5.74, 6) is 1.98. The van der Waals surface area contributed by atoms with Gasteiger partial charge in [-0.2, -0.15) is 10.5 Å². The summed E-state index contributed by atoms with van der Waals surface area (Å²) in [7, 11) is 0. The molecule has 0 aromatic carbocycles. The molecule has 1 aliphatic rings. The highest BCUT2D eigenvalue weighted by atomic mass is 32.1. The number of thiophene rings is 3. The molecular weight excluding hydrogens is 477 g/mol. The number of hydrogen-bond donors (Lipinski definition) is 0. The van der Waals surface area contributed by atoms with Crippen LogP contribution in [0.2, 0.25) is 0 Å². The van der Waals surface area contributed by atoms with E-state index in [1.165, 1.54) is 30.5 Å². The summed E-state index contributed by atoms with van der Waals surface area (Å²) in [6.45, 7) is 13.1. The molecule has 3 nitrogen and oxygen atoms in total. The van der Waals surface area contributed by atoms with Crippen LogP contribution in [0.25, 0.3) is 27.1 Å². The van der Waals surface area contributed by atoms with Crippen LogP contribution in [-0.2, 0) is 4.74 Å². The largest absolute Gasteiger partial charge is 0.465 e. The van der Waals surface area contributed by atoms with E-state index in [-0.39, 0.29) is 16.4 Å². The number of fused-ring (bicyclic) bond motifs is 1. The summed E-state index contributed by atoms with van der Waals surface area (Å²) in [5.41, 5.74) is 1.20. The van der Waals surface area contributed by atoms with Gasteiger partial charge in [0.1, 0.15) is 29.2 Å². The van der Waals surface area contributed by atoms with Crippen molar-refractivity contribution in [3.63, 3.8) is 0 Å². The van der Waals surface area contributed by atoms with Crippen LogP contribution in [0.5, 0.6) is 0 Å². The summed E-state index contributed by atoms with van der Waals surface area (Å²) < 4.78 is 10.5. The van der Waals surface area contributed by atoms with Crippen LogP contribution in [-0.4, -0.2) is 0 Å². The van der Waals surface area contributed by atoms with E-state index >= 15 is 0 Å². The molecule has 0 saturated carbocycles. The van der Waals surface area contributed by atoms with Crippen LogP contribution in [0.1, 0.15) is 51.3 Å². The predicted molar refractivity (Wildman–Crippen MR) is 146 cm³/mol. The fourth-order valence-corrected chi connectivity index (χ4v) is 6.68. The molecule has 4 rings (SSSR count). The maximum Gasteiger partial charge on any atom is 0.146 e. The molecule has 0 radical (unpaired) electrons. The second-order valence-corrected chi connectivity index (χ2v) is 13.6. The first-order valence-corrected chi connectivity index (χ1v) is 13.4. The highest BCUT2D eigenvalue weighted by Crippen LogP contribution is 2.40. The maximum absolute atomic E-state index is 9.07. The molecule has 3 aromatic heterocycles. The Bertz CT molecular complexity index is 1480. The molecular formula is C28H26N2OS3. The zero-order chi connectivity index (χ0) is 24.7. The van der Waals surface area contributed by atoms with Crippen LogP contribution in [0.15, 0.2) is 53.5 Å². The lowest BCUT2D eigenvalue weighted by molar-refractivity contribution is 0.161. The van der Waals surface area contributed by atoms with Gasteiger partial charge in [0.05, 0.1) is 4.53 Å². The smallest absolute Gasteiger partial charge is 0.146 e. The maximum atomic E-state index is 9.07. The van der Waals surface area contributed by atoms with Crippen LogP contribution >= 0.6 is 34.0 Å². The first kappa shape index (κ1) is 24.2. The predicted octanol–water partition coefficient (Wildman–Crippen LogP) is 7.32. The second-order valence-electron chi connectivity index (χ2n) is 10.2. The number of nitriles is 2. The molecule has 0 bridgehead atoms. The molecule has 1 aliphatic heterocycles. The Morgan fingerprint density at radius 1 is 0.794 bits per heavy atom. The van der Waals surface area contributed by atoms with Crippen LogP contribution in [0.3, 0.4) is 0 Å². The number of nitrogens with zero attached hydrogens (tertiary/aromatic N) is 2. The SMILES string of the molecule is CC(C)(C)C1=CC(=Cc2cc3sc(/C=c4/ccc(=C(C#N)C#N)s4)cc3s2)C=C(C(C)(C)C)O1. The minimum atomic E-state index is -0.0644. The van der Waals surface area contributed by atoms with Crippen LogP contribution in [0.4, 0.5) is 0 Å². The van der Waals surface area contributed by atoms with Crippen molar-refractivity contribution >= 4 is 61.1 Å². The summed E-state index contributed by atoms with van der Waals surface area (Å²) in [6, 6.07) is 12.2. The lowest BCUT2D eigenvalue weighted by Gasteiger charge is -2.32. The molecule has 0 spiro atoms. The van der Waals surface area contributed by atoms with Crippen molar-refractivity contribution < 1.29 is 4.74 Å². The average Bonchev–Trinajstić information content (AvgIpc) is 3.43. The first-order chi connectivity index (χ1) is 16.0. The van der Waals surface area contributed by atoms with Crippen molar-refractivity contribution in [3.05, 3.63) is 72.3 Å². The van der Waals surface area contributed by atoms with Gasteiger partial charge in [-0.1, -0.05) is 41.5 Å². The molecule has 0 atom stereocenters. The van der Waals surface area contributed by atoms with Gasteiger partial charge < -0.3 is 4.74 Å². The van der Waals surface area contributed by atoms with Crippen LogP contribution in [0, 0.1) is 33.5 Å². The van der Waals surface area contributed by atoms with Gasteiger partial charge in [-0.25, -0.2) is 0 Å². The Morgan fingerprint density at radius 3 is 1.82 bits per heavy atom. The number of ether oxygens (including phenoxy) is 1. The van der Waals surface area contributed by atoms with E-state index in [0.717, 1.165) is 21.6 Å². The monoisotopic (exact) mass is 502 g/mol. The molecule has 6 heteroatoms. The normalized spacial score (nSPS) is 14.8. The van der Waals surface area contributed by atoms with Crippen molar-refractivity contribution in [1.29, 1.82) is 10.5 Å². The zero-order valence-electron chi connectivity index (χ0n) is 20.1. The molecule has 3 aromatic rings. The van der Waals surface area contributed by atoms with Gasteiger partial charge in [0.25, 0.3) is 0 Å². The number of hydrogen-bond acceptors (Lipinski definition) is 6. The van der Waals surface area contributed by atoms with E-state index in [4.69, 9.17) is 15.3 Å². The topological polar surface area (TPSA) is 56.8 Å². The first-order valence-electron chi connectivity index (χ1n) is 11.0. The van der Waals surface area contributed by atoms with Crippen molar-refractivity contribution in [1.82, 2.24) is 0 Å². The highest BCUT2D eigenvalue weighted by Gasteiger charge is 2.28. The second kappa shape index (κ2) is 9.04. The van der Waals surface area contributed by atoms with Crippen LogP contribution < -0.4 is 9.06 Å². The van der Waals surface area contributed by atoms with E-state index < -0.39 is 0 Å².